The Hall–Kier alpha value is -2.86. The number of rotatable bonds is 7. The summed E-state index contributed by atoms with van der Waals surface area (Å²) >= 11 is 0. The van der Waals surface area contributed by atoms with Crippen LogP contribution >= 0.6 is 0 Å². The van der Waals surface area contributed by atoms with Crippen LogP contribution in [0.25, 0.3) is 11.1 Å². The number of hydrogen-bond donors (Lipinski definition) is 1. The fourth-order valence-electron chi connectivity index (χ4n) is 4.74. The second kappa shape index (κ2) is 9.10. The summed E-state index contributed by atoms with van der Waals surface area (Å²) in [5, 5.41) is 3.65. The molecular weight excluding hydrogens is 384 g/mol. The normalized spacial score (nSPS) is 15.5. The van der Waals surface area contributed by atoms with Crippen LogP contribution in [-0.4, -0.2) is 51.0 Å². The van der Waals surface area contributed by atoms with E-state index in [-0.39, 0.29) is 0 Å². The van der Waals surface area contributed by atoms with Crippen LogP contribution in [0.5, 0.6) is 0 Å². The Morgan fingerprint density at radius 2 is 1.97 bits per heavy atom. The highest BCUT2D eigenvalue weighted by molar-refractivity contribution is 5.84. The van der Waals surface area contributed by atoms with E-state index in [9.17, 15) is 0 Å². The number of likely N-dealkylation sites (tertiary alicyclic amines) is 1. The van der Waals surface area contributed by atoms with Gasteiger partial charge in [-0.15, -0.1) is 0 Å². The average Bonchev–Trinajstić information content (AvgIpc) is 3.15. The van der Waals surface area contributed by atoms with Gasteiger partial charge in [-0.05, 0) is 56.9 Å². The Labute approximate surface area is 184 Å². The molecule has 6 nitrogen and oxygen atoms in total. The third-order valence-electron chi connectivity index (χ3n) is 6.27. The molecule has 1 aliphatic heterocycles. The van der Waals surface area contributed by atoms with E-state index in [1.807, 2.05) is 0 Å². The first-order valence-electron chi connectivity index (χ1n) is 11.5. The monoisotopic (exact) mass is 414 g/mol. The van der Waals surface area contributed by atoms with Gasteiger partial charge in [0.05, 0.1) is 17.8 Å². The van der Waals surface area contributed by atoms with E-state index in [1.165, 1.54) is 54.6 Å². The third kappa shape index (κ3) is 4.59. The molecule has 2 aromatic heterocycles. The molecule has 0 radical (unpaired) electrons. The molecule has 1 saturated heterocycles. The first kappa shape index (κ1) is 20.1. The Balaban J connectivity index is 1.37. The van der Waals surface area contributed by atoms with Crippen LogP contribution in [0.15, 0.2) is 36.8 Å². The van der Waals surface area contributed by atoms with Crippen molar-refractivity contribution in [1.29, 1.82) is 0 Å². The molecule has 0 atom stereocenters. The third-order valence-corrected chi connectivity index (χ3v) is 6.27. The maximum atomic E-state index is 4.94. The van der Waals surface area contributed by atoms with Crippen molar-refractivity contribution >= 4 is 5.82 Å². The zero-order chi connectivity index (χ0) is 21.0. The number of aryl methyl sites for hydroxylation is 1. The molecule has 5 rings (SSSR count). The van der Waals surface area contributed by atoms with Gasteiger partial charge in [-0.25, -0.2) is 9.97 Å². The standard InChI is InChI=1S/C25H30N6/c1-18-6-7-21-19(14-18)15-22-24(21)25(28-8-5-13-31-11-3-2-4-12-31)30-23(29-22)16-20-17-26-9-10-27-20/h6-7,9-10,14,17H,2-5,8,11-13,15-16H2,1H3,(H,28,29,30). The van der Waals surface area contributed by atoms with Gasteiger partial charge < -0.3 is 10.2 Å². The number of fused-ring (bicyclic) bond motifs is 3. The van der Waals surface area contributed by atoms with Crippen molar-refractivity contribution in [3.05, 3.63) is 65.1 Å². The molecule has 1 aromatic carbocycles. The van der Waals surface area contributed by atoms with E-state index in [1.54, 1.807) is 18.6 Å². The van der Waals surface area contributed by atoms with Crippen molar-refractivity contribution in [2.24, 2.45) is 0 Å². The van der Waals surface area contributed by atoms with Crippen LogP contribution in [0.3, 0.4) is 0 Å². The van der Waals surface area contributed by atoms with E-state index in [0.717, 1.165) is 49.0 Å². The summed E-state index contributed by atoms with van der Waals surface area (Å²) in [5.74, 6) is 1.77. The maximum Gasteiger partial charge on any atom is 0.137 e. The SMILES string of the molecule is Cc1ccc2c(c1)Cc1nc(Cc3cnccn3)nc(NCCCN3CCCCC3)c1-2. The highest BCUT2D eigenvalue weighted by Crippen LogP contribution is 2.40. The van der Waals surface area contributed by atoms with Gasteiger partial charge in [0.15, 0.2) is 0 Å². The summed E-state index contributed by atoms with van der Waals surface area (Å²) in [5.41, 5.74) is 7.09. The van der Waals surface area contributed by atoms with Gasteiger partial charge in [0, 0.05) is 37.1 Å². The Morgan fingerprint density at radius 1 is 1.06 bits per heavy atom. The fraction of sp³-hybridized carbons (Fsp3) is 0.440. The lowest BCUT2D eigenvalue weighted by atomic mass is 10.0. The number of anilines is 1. The summed E-state index contributed by atoms with van der Waals surface area (Å²) in [6, 6.07) is 6.68. The summed E-state index contributed by atoms with van der Waals surface area (Å²) in [6.07, 6.45) is 11.9. The van der Waals surface area contributed by atoms with Crippen LogP contribution < -0.4 is 5.32 Å². The molecule has 0 amide bonds. The minimum Gasteiger partial charge on any atom is -0.369 e. The molecule has 0 bridgehead atoms. The zero-order valence-corrected chi connectivity index (χ0v) is 18.3. The second-order valence-corrected chi connectivity index (χ2v) is 8.70. The molecule has 0 unspecified atom stereocenters. The van der Waals surface area contributed by atoms with Crippen LogP contribution in [0, 0.1) is 6.92 Å². The topological polar surface area (TPSA) is 66.8 Å². The fourth-order valence-corrected chi connectivity index (χ4v) is 4.74. The largest absolute Gasteiger partial charge is 0.369 e. The molecule has 3 aromatic rings. The summed E-state index contributed by atoms with van der Waals surface area (Å²) in [7, 11) is 0. The van der Waals surface area contributed by atoms with E-state index in [4.69, 9.17) is 9.97 Å². The zero-order valence-electron chi connectivity index (χ0n) is 18.3. The summed E-state index contributed by atoms with van der Waals surface area (Å²) in [6.45, 7) is 6.72. The minimum absolute atomic E-state index is 0.596. The first-order valence-corrected chi connectivity index (χ1v) is 11.5. The van der Waals surface area contributed by atoms with Gasteiger partial charge in [0.25, 0.3) is 0 Å². The maximum absolute atomic E-state index is 4.94. The molecule has 6 heteroatoms. The van der Waals surface area contributed by atoms with Gasteiger partial charge in [0.1, 0.15) is 11.6 Å². The quantitative estimate of drug-likeness (QED) is 0.461. The summed E-state index contributed by atoms with van der Waals surface area (Å²) < 4.78 is 0. The van der Waals surface area contributed by atoms with Gasteiger partial charge in [-0.1, -0.05) is 30.2 Å². The van der Waals surface area contributed by atoms with Crippen LogP contribution in [-0.2, 0) is 12.8 Å². The molecule has 1 aliphatic carbocycles. The first-order chi connectivity index (χ1) is 15.3. The smallest absolute Gasteiger partial charge is 0.137 e. The van der Waals surface area contributed by atoms with Crippen molar-refractivity contribution in [2.45, 2.75) is 45.4 Å². The lowest BCUT2D eigenvalue weighted by Crippen LogP contribution is -2.31. The van der Waals surface area contributed by atoms with Crippen molar-refractivity contribution in [2.75, 3.05) is 31.5 Å². The van der Waals surface area contributed by atoms with E-state index >= 15 is 0 Å². The molecule has 1 N–H and O–H groups in total. The lowest BCUT2D eigenvalue weighted by molar-refractivity contribution is 0.228. The van der Waals surface area contributed by atoms with Gasteiger partial charge in [0.2, 0.25) is 0 Å². The lowest BCUT2D eigenvalue weighted by Gasteiger charge is -2.26. The van der Waals surface area contributed by atoms with Crippen molar-refractivity contribution in [1.82, 2.24) is 24.8 Å². The van der Waals surface area contributed by atoms with E-state index in [2.05, 4.69) is 45.3 Å². The molecular formula is C25H30N6. The molecule has 2 aliphatic rings. The summed E-state index contributed by atoms with van der Waals surface area (Å²) in [4.78, 5) is 21.1. The number of benzene rings is 1. The average molecular weight is 415 g/mol. The Kier molecular flexibility index (Phi) is 5.89. The number of nitrogens with zero attached hydrogens (tertiary/aromatic N) is 5. The number of aromatic nitrogens is 4. The molecule has 3 heterocycles. The van der Waals surface area contributed by atoms with Crippen LogP contribution in [0.1, 0.15) is 54.0 Å². The van der Waals surface area contributed by atoms with Crippen molar-refractivity contribution < 1.29 is 0 Å². The molecule has 160 valence electrons. The van der Waals surface area contributed by atoms with Crippen LogP contribution in [0.2, 0.25) is 0 Å². The predicted molar refractivity (Wildman–Crippen MR) is 123 cm³/mol. The van der Waals surface area contributed by atoms with Gasteiger partial charge in [-0.3, -0.25) is 9.97 Å². The Morgan fingerprint density at radius 3 is 2.81 bits per heavy atom. The van der Waals surface area contributed by atoms with Crippen molar-refractivity contribution in [3.8, 4) is 11.1 Å². The highest BCUT2D eigenvalue weighted by Gasteiger charge is 2.25. The number of piperidine rings is 1. The minimum atomic E-state index is 0.596. The van der Waals surface area contributed by atoms with E-state index < -0.39 is 0 Å². The van der Waals surface area contributed by atoms with Gasteiger partial charge >= 0.3 is 0 Å². The molecule has 0 spiro atoms. The highest BCUT2D eigenvalue weighted by atomic mass is 15.1. The van der Waals surface area contributed by atoms with E-state index in [0.29, 0.717) is 6.42 Å². The Bertz CT molecular complexity index is 1040. The molecule has 31 heavy (non-hydrogen) atoms. The molecule has 1 fully saturated rings. The van der Waals surface area contributed by atoms with Gasteiger partial charge in [-0.2, -0.15) is 0 Å². The molecule has 0 saturated carbocycles. The predicted octanol–water partition coefficient (Wildman–Crippen LogP) is 4.02. The van der Waals surface area contributed by atoms with Crippen molar-refractivity contribution in [3.63, 3.8) is 0 Å². The van der Waals surface area contributed by atoms with Crippen LogP contribution in [0.4, 0.5) is 5.82 Å². The second-order valence-electron chi connectivity index (χ2n) is 8.70. The number of hydrogen-bond acceptors (Lipinski definition) is 6. The number of nitrogens with one attached hydrogen (secondary N) is 1.